The molecule has 122 valence electrons. The van der Waals surface area contributed by atoms with Gasteiger partial charge in [0.15, 0.2) is 0 Å². The molecule has 0 radical (unpaired) electrons. The summed E-state index contributed by atoms with van der Waals surface area (Å²) in [5.41, 5.74) is 0.851. The van der Waals surface area contributed by atoms with E-state index in [9.17, 15) is 9.00 Å². The van der Waals surface area contributed by atoms with Crippen LogP contribution in [0.15, 0.2) is 30.3 Å². The van der Waals surface area contributed by atoms with Crippen molar-refractivity contribution < 1.29 is 13.7 Å². The molecule has 22 heavy (non-hydrogen) atoms. The van der Waals surface area contributed by atoms with Crippen LogP contribution in [0, 0.1) is 0 Å². The van der Waals surface area contributed by atoms with Crippen LogP contribution in [0.3, 0.4) is 0 Å². The van der Waals surface area contributed by atoms with Crippen LogP contribution in [-0.2, 0) is 20.3 Å². The van der Waals surface area contributed by atoms with Crippen LogP contribution < -0.4 is 0 Å². The number of carbonyl (C=O) groups is 1. The van der Waals surface area contributed by atoms with Crippen LogP contribution in [-0.4, -0.2) is 46.6 Å². The van der Waals surface area contributed by atoms with Gasteiger partial charge < -0.3 is 9.64 Å². The van der Waals surface area contributed by atoms with Gasteiger partial charge in [0.2, 0.25) is 5.91 Å². The van der Waals surface area contributed by atoms with Crippen LogP contribution >= 0.6 is 0 Å². The van der Waals surface area contributed by atoms with Gasteiger partial charge in [-0.25, -0.2) is 0 Å². The Hall–Kier alpha value is -1.20. The van der Waals surface area contributed by atoms with Crippen molar-refractivity contribution in [2.75, 3.05) is 26.3 Å². The molecule has 1 heterocycles. The topological polar surface area (TPSA) is 46.6 Å². The molecule has 0 N–H and O–H groups in total. The molecule has 0 bridgehead atoms. The minimum atomic E-state index is -1.22. The Morgan fingerprint density at radius 2 is 1.82 bits per heavy atom. The Balaban J connectivity index is 2.28. The predicted molar refractivity (Wildman–Crippen MR) is 89.1 cm³/mol. The number of hydrogen-bond acceptors (Lipinski definition) is 3. The van der Waals surface area contributed by atoms with Gasteiger partial charge in [-0.05, 0) is 32.3 Å². The number of benzene rings is 1. The van der Waals surface area contributed by atoms with Crippen molar-refractivity contribution in [3.05, 3.63) is 35.9 Å². The lowest BCUT2D eigenvalue weighted by Gasteiger charge is -2.29. The van der Waals surface area contributed by atoms with E-state index in [0.29, 0.717) is 26.3 Å². The number of nitrogens with zero attached hydrogens (tertiary/aromatic N) is 1. The molecule has 1 aromatic rings. The second kappa shape index (κ2) is 8.44. The van der Waals surface area contributed by atoms with Gasteiger partial charge in [-0.15, -0.1) is 0 Å². The molecule has 5 heteroatoms. The lowest BCUT2D eigenvalue weighted by atomic mass is 10.1. The minimum absolute atomic E-state index is 0.0268. The first-order valence-corrected chi connectivity index (χ1v) is 9.27. The molecule has 0 unspecified atom stereocenters. The third kappa shape index (κ3) is 3.96. The summed E-state index contributed by atoms with van der Waals surface area (Å²) in [4.78, 5) is 14.7. The van der Waals surface area contributed by atoms with Crippen molar-refractivity contribution in [3.8, 4) is 0 Å². The Morgan fingerprint density at radius 3 is 2.36 bits per heavy atom. The third-order valence-electron chi connectivity index (χ3n) is 4.13. The standard InChI is InChI=1S/C17H25NO3S/c1-3-18(4-2)17(19)16(14-8-6-5-7-9-14)22(20)15-10-12-21-13-11-15/h5-9,15-16H,3-4,10-13H2,1-2H3/t16-,22+/m1/s1. The zero-order valence-corrected chi connectivity index (χ0v) is 14.2. The largest absolute Gasteiger partial charge is 0.381 e. The lowest BCUT2D eigenvalue weighted by Crippen LogP contribution is -2.39. The zero-order valence-electron chi connectivity index (χ0n) is 13.4. The van der Waals surface area contributed by atoms with E-state index in [0.717, 1.165) is 18.4 Å². The van der Waals surface area contributed by atoms with Gasteiger partial charge in [-0.2, -0.15) is 0 Å². The molecule has 1 saturated heterocycles. The van der Waals surface area contributed by atoms with Gasteiger partial charge in [0.1, 0.15) is 5.25 Å². The summed E-state index contributed by atoms with van der Waals surface area (Å²) in [6, 6.07) is 9.53. The first-order chi connectivity index (χ1) is 10.7. The van der Waals surface area contributed by atoms with Crippen LogP contribution in [0.1, 0.15) is 37.5 Å². The highest BCUT2D eigenvalue weighted by atomic mass is 32.2. The second-order valence-electron chi connectivity index (χ2n) is 5.44. The summed E-state index contributed by atoms with van der Waals surface area (Å²) >= 11 is 0. The van der Waals surface area contributed by atoms with E-state index in [-0.39, 0.29) is 11.2 Å². The van der Waals surface area contributed by atoms with Gasteiger partial charge in [0.05, 0.1) is 0 Å². The van der Waals surface area contributed by atoms with Gasteiger partial charge >= 0.3 is 0 Å². The molecule has 0 spiro atoms. The molecule has 0 aromatic heterocycles. The number of amides is 1. The van der Waals surface area contributed by atoms with Crippen molar-refractivity contribution in [3.63, 3.8) is 0 Å². The highest BCUT2D eigenvalue weighted by Gasteiger charge is 2.35. The summed E-state index contributed by atoms with van der Waals surface area (Å²) in [6.45, 7) is 6.48. The number of rotatable bonds is 6. The maximum atomic E-state index is 13.1. The second-order valence-corrected chi connectivity index (χ2v) is 7.24. The van der Waals surface area contributed by atoms with Crippen molar-refractivity contribution in [2.45, 2.75) is 37.2 Å². The Bertz CT molecular complexity index is 496. The number of carbonyl (C=O) groups excluding carboxylic acids is 1. The summed E-state index contributed by atoms with van der Waals surface area (Å²) in [5, 5.41) is -0.525. The van der Waals surface area contributed by atoms with Crippen molar-refractivity contribution in [2.24, 2.45) is 0 Å². The fourth-order valence-electron chi connectivity index (χ4n) is 2.81. The normalized spacial score (nSPS) is 18.6. The number of hydrogen-bond donors (Lipinski definition) is 0. The molecular formula is C17H25NO3S. The fraction of sp³-hybridized carbons (Fsp3) is 0.588. The third-order valence-corrected chi connectivity index (χ3v) is 6.20. The Morgan fingerprint density at radius 1 is 1.23 bits per heavy atom. The molecular weight excluding hydrogens is 298 g/mol. The molecule has 2 rings (SSSR count). The average molecular weight is 323 g/mol. The van der Waals surface area contributed by atoms with Gasteiger partial charge in [0, 0.05) is 42.4 Å². The number of likely N-dealkylation sites (N-methyl/N-ethyl adjacent to an activating group) is 1. The highest BCUT2D eigenvalue weighted by molar-refractivity contribution is 7.86. The van der Waals surface area contributed by atoms with E-state index in [2.05, 4.69) is 0 Å². The minimum Gasteiger partial charge on any atom is -0.381 e. The van der Waals surface area contributed by atoms with Gasteiger partial charge in [0.25, 0.3) is 0 Å². The highest BCUT2D eigenvalue weighted by Crippen LogP contribution is 2.28. The first kappa shape index (κ1) is 17.2. The maximum Gasteiger partial charge on any atom is 0.242 e. The van der Waals surface area contributed by atoms with E-state index < -0.39 is 16.0 Å². The van der Waals surface area contributed by atoms with Crippen molar-refractivity contribution >= 4 is 16.7 Å². The summed E-state index contributed by atoms with van der Waals surface area (Å²) < 4.78 is 18.4. The lowest BCUT2D eigenvalue weighted by molar-refractivity contribution is -0.130. The van der Waals surface area contributed by atoms with Gasteiger partial charge in [-0.3, -0.25) is 9.00 Å². The molecule has 0 saturated carbocycles. The number of ether oxygens (including phenoxy) is 1. The summed E-state index contributed by atoms with van der Waals surface area (Å²) in [7, 11) is -1.22. The average Bonchev–Trinajstić information content (AvgIpc) is 2.58. The molecule has 1 amide bonds. The van der Waals surface area contributed by atoms with Crippen molar-refractivity contribution in [1.82, 2.24) is 4.90 Å². The molecule has 4 nitrogen and oxygen atoms in total. The van der Waals surface area contributed by atoms with Crippen LogP contribution in [0.2, 0.25) is 0 Å². The van der Waals surface area contributed by atoms with Crippen LogP contribution in [0.4, 0.5) is 0 Å². The van der Waals surface area contributed by atoms with E-state index in [4.69, 9.17) is 4.74 Å². The maximum absolute atomic E-state index is 13.1. The van der Waals surface area contributed by atoms with Crippen LogP contribution in [0.25, 0.3) is 0 Å². The quantitative estimate of drug-likeness (QED) is 0.808. The van der Waals surface area contributed by atoms with Crippen molar-refractivity contribution in [1.29, 1.82) is 0 Å². The Labute approximate surface area is 135 Å². The molecule has 1 aromatic carbocycles. The molecule has 0 aliphatic carbocycles. The van der Waals surface area contributed by atoms with E-state index in [1.165, 1.54) is 0 Å². The zero-order chi connectivity index (χ0) is 15.9. The SMILES string of the molecule is CCN(CC)C(=O)[C@@H](c1ccccc1)[S@@](=O)C1CCOCC1. The summed E-state index contributed by atoms with van der Waals surface area (Å²) in [6.07, 6.45) is 1.53. The van der Waals surface area contributed by atoms with E-state index in [1.54, 1.807) is 4.90 Å². The van der Waals surface area contributed by atoms with Crippen LogP contribution in [0.5, 0.6) is 0 Å². The smallest absolute Gasteiger partial charge is 0.242 e. The fourth-order valence-corrected chi connectivity index (χ4v) is 4.62. The van der Waals surface area contributed by atoms with Gasteiger partial charge in [-0.1, -0.05) is 30.3 Å². The van der Waals surface area contributed by atoms with E-state index >= 15 is 0 Å². The molecule has 1 fully saturated rings. The monoisotopic (exact) mass is 323 g/mol. The Kier molecular flexibility index (Phi) is 6.58. The summed E-state index contributed by atoms with van der Waals surface area (Å²) in [5.74, 6) is -0.0268. The molecule has 1 aliphatic rings. The molecule has 1 aliphatic heterocycles. The predicted octanol–water partition coefficient (Wildman–Crippen LogP) is 2.52. The first-order valence-electron chi connectivity index (χ1n) is 7.99. The molecule has 2 atom stereocenters. The van der Waals surface area contributed by atoms with E-state index in [1.807, 2.05) is 44.2 Å².